The van der Waals surface area contributed by atoms with E-state index in [0.717, 1.165) is 0 Å². The van der Waals surface area contributed by atoms with Gasteiger partial charge in [-0.25, -0.2) is 13.2 Å². The van der Waals surface area contributed by atoms with Gasteiger partial charge in [0.05, 0.1) is 12.2 Å². The van der Waals surface area contributed by atoms with Crippen LogP contribution in [0.15, 0.2) is 12.1 Å². The summed E-state index contributed by atoms with van der Waals surface area (Å²) < 4.78 is 44.7. The van der Waals surface area contributed by atoms with Gasteiger partial charge in [-0.05, 0) is 25.3 Å². The average molecular weight is 390 g/mol. The first-order valence-electron chi connectivity index (χ1n) is 8.36. The standard InChI is InChI=1S/C18H25F3N2O4/c1-17(2,10-27-18(3,4)26)9-15(24)22-5-6-23-16(25)11-7-13(20)14(21)8-12(11)19/h7-8,26H,5-6,9-10H2,1-4H3,(H,22,24)(H,23,25). The van der Waals surface area contributed by atoms with Gasteiger partial charge < -0.3 is 20.5 Å². The number of aliphatic hydroxyl groups is 1. The number of carbonyl (C=O) groups is 2. The molecule has 0 aliphatic heterocycles. The van der Waals surface area contributed by atoms with Crippen molar-refractivity contribution in [3.05, 3.63) is 35.1 Å². The van der Waals surface area contributed by atoms with Gasteiger partial charge in [0.1, 0.15) is 5.82 Å². The average Bonchev–Trinajstić information content (AvgIpc) is 2.52. The third-order valence-corrected chi connectivity index (χ3v) is 3.44. The lowest BCUT2D eigenvalue weighted by Gasteiger charge is -2.28. The van der Waals surface area contributed by atoms with Crippen molar-refractivity contribution in [3.63, 3.8) is 0 Å². The van der Waals surface area contributed by atoms with Crippen molar-refractivity contribution in [2.24, 2.45) is 5.41 Å². The topological polar surface area (TPSA) is 87.7 Å². The number of nitrogens with one attached hydrogen (secondary N) is 2. The zero-order valence-electron chi connectivity index (χ0n) is 15.8. The van der Waals surface area contributed by atoms with Crippen LogP contribution in [0.25, 0.3) is 0 Å². The van der Waals surface area contributed by atoms with Crippen LogP contribution in [0.3, 0.4) is 0 Å². The van der Waals surface area contributed by atoms with Crippen molar-refractivity contribution in [2.45, 2.75) is 39.9 Å². The Balaban J connectivity index is 2.40. The Morgan fingerprint density at radius 2 is 1.56 bits per heavy atom. The molecule has 2 amide bonds. The van der Waals surface area contributed by atoms with Crippen molar-refractivity contribution in [3.8, 4) is 0 Å². The van der Waals surface area contributed by atoms with Crippen LogP contribution < -0.4 is 10.6 Å². The number of amides is 2. The lowest BCUT2D eigenvalue weighted by atomic mass is 9.90. The minimum Gasteiger partial charge on any atom is -0.366 e. The molecule has 0 spiro atoms. The highest BCUT2D eigenvalue weighted by Gasteiger charge is 2.25. The molecule has 27 heavy (non-hydrogen) atoms. The molecule has 0 aliphatic rings. The number of benzene rings is 1. The van der Waals surface area contributed by atoms with E-state index < -0.39 is 40.1 Å². The Kier molecular flexibility index (Phi) is 7.79. The minimum atomic E-state index is -1.38. The summed E-state index contributed by atoms with van der Waals surface area (Å²) in [6.45, 7) is 6.78. The van der Waals surface area contributed by atoms with Gasteiger partial charge in [-0.1, -0.05) is 13.8 Å². The molecule has 0 aromatic heterocycles. The highest BCUT2D eigenvalue weighted by Crippen LogP contribution is 2.22. The molecule has 3 N–H and O–H groups in total. The van der Waals surface area contributed by atoms with Gasteiger partial charge in [0.25, 0.3) is 5.91 Å². The van der Waals surface area contributed by atoms with Crippen LogP contribution in [-0.2, 0) is 9.53 Å². The van der Waals surface area contributed by atoms with Gasteiger partial charge >= 0.3 is 0 Å². The highest BCUT2D eigenvalue weighted by atomic mass is 19.2. The fourth-order valence-electron chi connectivity index (χ4n) is 2.09. The van der Waals surface area contributed by atoms with E-state index in [-0.39, 0.29) is 32.0 Å². The Morgan fingerprint density at radius 3 is 2.15 bits per heavy atom. The normalized spacial score (nSPS) is 12.0. The van der Waals surface area contributed by atoms with Crippen molar-refractivity contribution in [1.29, 1.82) is 0 Å². The van der Waals surface area contributed by atoms with E-state index in [1.165, 1.54) is 13.8 Å². The third kappa shape index (κ3) is 8.40. The van der Waals surface area contributed by atoms with Crippen LogP contribution in [0.5, 0.6) is 0 Å². The predicted octanol–water partition coefficient (Wildman–Crippen LogP) is 2.11. The zero-order valence-corrected chi connectivity index (χ0v) is 15.8. The molecule has 0 atom stereocenters. The van der Waals surface area contributed by atoms with Gasteiger partial charge in [-0.15, -0.1) is 0 Å². The van der Waals surface area contributed by atoms with E-state index in [9.17, 15) is 27.9 Å². The molecule has 152 valence electrons. The van der Waals surface area contributed by atoms with E-state index in [4.69, 9.17) is 4.74 Å². The maximum Gasteiger partial charge on any atom is 0.254 e. The SMILES string of the molecule is CC(C)(COC(C)(C)O)CC(=O)NCCNC(=O)c1cc(F)c(F)cc1F. The molecule has 0 fully saturated rings. The molecular formula is C18H25F3N2O4. The Labute approximate surface area is 156 Å². The second-order valence-electron chi connectivity index (χ2n) is 7.43. The van der Waals surface area contributed by atoms with Gasteiger partial charge in [-0.3, -0.25) is 9.59 Å². The summed E-state index contributed by atoms with van der Waals surface area (Å²) >= 11 is 0. The number of halogens is 3. The van der Waals surface area contributed by atoms with Gasteiger partial charge in [0.15, 0.2) is 17.4 Å². The van der Waals surface area contributed by atoms with E-state index in [1.807, 2.05) is 0 Å². The molecule has 0 aliphatic carbocycles. The number of hydrogen-bond donors (Lipinski definition) is 3. The van der Waals surface area contributed by atoms with E-state index in [0.29, 0.717) is 12.1 Å². The monoisotopic (exact) mass is 390 g/mol. The number of carbonyl (C=O) groups excluding carboxylic acids is 2. The Bertz CT molecular complexity index is 688. The summed E-state index contributed by atoms with van der Waals surface area (Å²) in [4.78, 5) is 23.7. The zero-order chi connectivity index (χ0) is 20.8. The van der Waals surface area contributed by atoms with Crippen molar-refractivity contribution < 1.29 is 32.6 Å². The van der Waals surface area contributed by atoms with E-state index in [2.05, 4.69) is 10.6 Å². The Morgan fingerprint density at radius 1 is 1.00 bits per heavy atom. The summed E-state index contributed by atoms with van der Waals surface area (Å²) in [5, 5.41) is 14.4. The maximum absolute atomic E-state index is 13.5. The first kappa shape index (κ1) is 22.9. The smallest absolute Gasteiger partial charge is 0.254 e. The maximum atomic E-state index is 13.5. The number of ether oxygens (including phenoxy) is 1. The molecule has 1 aromatic carbocycles. The van der Waals surface area contributed by atoms with Crippen LogP contribution in [0, 0.1) is 22.9 Å². The molecule has 0 radical (unpaired) electrons. The highest BCUT2D eigenvalue weighted by molar-refractivity contribution is 5.94. The summed E-state index contributed by atoms with van der Waals surface area (Å²) in [5.74, 6) is -6.40. The van der Waals surface area contributed by atoms with E-state index in [1.54, 1.807) is 13.8 Å². The van der Waals surface area contributed by atoms with Gasteiger partial charge in [0.2, 0.25) is 5.91 Å². The molecule has 0 saturated heterocycles. The van der Waals surface area contributed by atoms with Crippen molar-refractivity contribution >= 4 is 11.8 Å². The second kappa shape index (κ2) is 9.18. The summed E-state index contributed by atoms with van der Waals surface area (Å²) in [6.07, 6.45) is 0.120. The van der Waals surface area contributed by atoms with Crippen LogP contribution in [-0.4, -0.2) is 42.4 Å². The Hall–Kier alpha value is -2.13. The van der Waals surface area contributed by atoms with Crippen molar-refractivity contribution in [1.82, 2.24) is 10.6 Å². The molecule has 0 heterocycles. The third-order valence-electron chi connectivity index (χ3n) is 3.44. The molecule has 6 nitrogen and oxygen atoms in total. The molecule has 9 heteroatoms. The van der Waals surface area contributed by atoms with Crippen LogP contribution in [0.2, 0.25) is 0 Å². The summed E-state index contributed by atoms with van der Waals surface area (Å²) in [6, 6.07) is 0.771. The second-order valence-corrected chi connectivity index (χ2v) is 7.43. The van der Waals surface area contributed by atoms with Gasteiger partial charge in [0, 0.05) is 25.6 Å². The van der Waals surface area contributed by atoms with Crippen LogP contribution in [0.1, 0.15) is 44.5 Å². The van der Waals surface area contributed by atoms with E-state index >= 15 is 0 Å². The molecule has 1 aromatic rings. The fraction of sp³-hybridized carbons (Fsp3) is 0.556. The summed E-state index contributed by atoms with van der Waals surface area (Å²) in [5.41, 5.74) is -1.15. The lowest BCUT2D eigenvalue weighted by Crippen LogP contribution is -2.38. The first-order valence-corrected chi connectivity index (χ1v) is 8.36. The number of rotatable bonds is 9. The first-order chi connectivity index (χ1) is 12.3. The van der Waals surface area contributed by atoms with Crippen LogP contribution in [0.4, 0.5) is 13.2 Å². The molecule has 0 saturated carbocycles. The quantitative estimate of drug-likeness (QED) is 0.342. The predicted molar refractivity (Wildman–Crippen MR) is 92.3 cm³/mol. The molecule has 0 bridgehead atoms. The molecule has 1 rings (SSSR count). The minimum absolute atomic E-state index is 0.0242. The fourth-order valence-corrected chi connectivity index (χ4v) is 2.09. The molecule has 0 unspecified atom stereocenters. The molecular weight excluding hydrogens is 365 g/mol. The van der Waals surface area contributed by atoms with Crippen molar-refractivity contribution in [2.75, 3.05) is 19.7 Å². The van der Waals surface area contributed by atoms with Gasteiger partial charge in [-0.2, -0.15) is 0 Å². The lowest BCUT2D eigenvalue weighted by molar-refractivity contribution is -0.192. The summed E-state index contributed by atoms with van der Waals surface area (Å²) in [7, 11) is 0. The number of hydrogen-bond acceptors (Lipinski definition) is 4. The largest absolute Gasteiger partial charge is 0.366 e. The van der Waals surface area contributed by atoms with Crippen LogP contribution >= 0.6 is 0 Å².